The van der Waals surface area contributed by atoms with E-state index in [0.717, 1.165) is 5.56 Å². The Balaban J connectivity index is 2.34. The first-order valence-corrected chi connectivity index (χ1v) is 5.61. The minimum atomic E-state index is -0.375. The Bertz CT molecular complexity index is 634. The molecule has 2 rings (SSSR count). The van der Waals surface area contributed by atoms with Crippen molar-refractivity contribution in [3.05, 3.63) is 58.4 Å². The molecular weight excluding hydrogens is 253 g/mol. The SMILES string of the molecule is Cc1ccc(F)cc1Oc1ccc(C#N)cc1Cl. The largest absolute Gasteiger partial charge is 0.455 e. The maximum atomic E-state index is 13.1. The Labute approximate surface area is 109 Å². The molecule has 0 aliphatic heterocycles. The molecule has 0 aliphatic rings. The van der Waals surface area contributed by atoms with Crippen LogP contribution in [0.15, 0.2) is 36.4 Å². The third kappa shape index (κ3) is 2.61. The van der Waals surface area contributed by atoms with Crippen LogP contribution in [0, 0.1) is 24.1 Å². The highest BCUT2D eigenvalue weighted by molar-refractivity contribution is 6.32. The Morgan fingerprint density at radius 2 is 1.94 bits per heavy atom. The van der Waals surface area contributed by atoms with E-state index in [9.17, 15) is 4.39 Å². The monoisotopic (exact) mass is 261 g/mol. The van der Waals surface area contributed by atoms with Gasteiger partial charge in [-0.25, -0.2) is 4.39 Å². The number of ether oxygens (including phenoxy) is 1. The van der Waals surface area contributed by atoms with Crippen molar-refractivity contribution < 1.29 is 9.13 Å². The second-order valence-corrected chi connectivity index (χ2v) is 4.18. The van der Waals surface area contributed by atoms with E-state index in [2.05, 4.69) is 0 Å². The van der Waals surface area contributed by atoms with E-state index < -0.39 is 0 Å². The molecule has 0 fully saturated rings. The lowest BCUT2D eigenvalue weighted by molar-refractivity contribution is 0.473. The van der Waals surface area contributed by atoms with Gasteiger partial charge in [-0.3, -0.25) is 0 Å². The number of aryl methyl sites for hydroxylation is 1. The van der Waals surface area contributed by atoms with E-state index in [-0.39, 0.29) is 5.82 Å². The highest BCUT2D eigenvalue weighted by atomic mass is 35.5. The number of halogens is 2. The average Bonchev–Trinajstić information content (AvgIpc) is 2.36. The van der Waals surface area contributed by atoms with Crippen LogP contribution in [0.5, 0.6) is 11.5 Å². The molecule has 0 saturated heterocycles. The Morgan fingerprint density at radius 1 is 1.17 bits per heavy atom. The molecule has 0 amide bonds. The van der Waals surface area contributed by atoms with Gasteiger partial charge in [0.25, 0.3) is 0 Å². The molecule has 18 heavy (non-hydrogen) atoms. The molecular formula is C14H9ClFNO. The Hall–Kier alpha value is -2.05. The smallest absolute Gasteiger partial charge is 0.146 e. The standard InChI is InChI=1S/C14H9ClFNO/c1-9-2-4-11(16)7-14(9)18-13-5-3-10(8-17)6-12(13)15/h2-7H,1H3. The molecule has 2 nitrogen and oxygen atoms in total. The summed E-state index contributed by atoms with van der Waals surface area (Å²) < 4.78 is 18.7. The summed E-state index contributed by atoms with van der Waals surface area (Å²) in [6.45, 7) is 1.81. The fourth-order valence-electron chi connectivity index (χ4n) is 1.46. The van der Waals surface area contributed by atoms with Crippen molar-refractivity contribution in [2.75, 3.05) is 0 Å². The summed E-state index contributed by atoms with van der Waals surface area (Å²) in [5.41, 5.74) is 1.25. The molecule has 2 aromatic carbocycles. The van der Waals surface area contributed by atoms with Gasteiger partial charge in [-0.1, -0.05) is 17.7 Å². The number of nitrogens with zero attached hydrogens (tertiary/aromatic N) is 1. The van der Waals surface area contributed by atoms with Crippen LogP contribution in [0.25, 0.3) is 0 Å². The highest BCUT2D eigenvalue weighted by Gasteiger charge is 2.07. The maximum Gasteiger partial charge on any atom is 0.146 e. The molecule has 0 spiro atoms. The normalized spacial score (nSPS) is 9.89. The van der Waals surface area contributed by atoms with Crippen LogP contribution < -0.4 is 4.74 Å². The van der Waals surface area contributed by atoms with E-state index in [1.807, 2.05) is 13.0 Å². The van der Waals surface area contributed by atoms with Gasteiger partial charge in [-0.2, -0.15) is 5.26 Å². The topological polar surface area (TPSA) is 33.0 Å². The number of hydrogen-bond acceptors (Lipinski definition) is 2. The minimum absolute atomic E-state index is 0.317. The van der Waals surface area contributed by atoms with Gasteiger partial charge in [0.05, 0.1) is 16.7 Å². The number of hydrogen-bond donors (Lipinski definition) is 0. The van der Waals surface area contributed by atoms with Gasteiger partial charge >= 0.3 is 0 Å². The molecule has 0 saturated carbocycles. The second-order valence-electron chi connectivity index (χ2n) is 3.77. The van der Waals surface area contributed by atoms with Crippen LogP contribution in [0.3, 0.4) is 0 Å². The first-order valence-electron chi connectivity index (χ1n) is 5.24. The minimum Gasteiger partial charge on any atom is -0.455 e. The van der Waals surface area contributed by atoms with Crippen molar-refractivity contribution in [2.45, 2.75) is 6.92 Å². The van der Waals surface area contributed by atoms with Gasteiger partial charge < -0.3 is 4.74 Å². The highest BCUT2D eigenvalue weighted by Crippen LogP contribution is 2.31. The number of rotatable bonds is 2. The summed E-state index contributed by atoms with van der Waals surface area (Å²) in [4.78, 5) is 0. The lowest BCUT2D eigenvalue weighted by Crippen LogP contribution is -1.90. The van der Waals surface area contributed by atoms with Crippen molar-refractivity contribution in [2.24, 2.45) is 0 Å². The molecule has 4 heteroatoms. The van der Waals surface area contributed by atoms with Crippen LogP contribution in [0.2, 0.25) is 5.02 Å². The number of benzene rings is 2. The van der Waals surface area contributed by atoms with E-state index in [0.29, 0.717) is 22.1 Å². The van der Waals surface area contributed by atoms with Crippen molar-refractivity contribution in [1.29, 1.82) is 5.26 Å². The van der Waals surface area contributed by atoms with Crippen LogP contribution in [-0.2, 0) is 0 Å². The lowest BCUT2D eigenvalue weighted by Gasteiger charge is -2.10. The maximum absolute atomic E-state index is 13.1. The van der Waals surface area contributed by atoms with Crippen molar-refractivity contribution in [3.63, 3.8) is 0 Å². The van der Waals surface area contributed by atoms with Crippen LogP contribution >= 0.6 is 11.6 Å². The quantitative estimate of drug-likeness (QED) is 0.800. The fourth-order valence-corrected chi connectivity index (χ4v) is 1.67. The predicted octanol–water partition coefficient (Wildman–Crippen LogP) is 4.45. The second kappa shape index (κ2) is 5.07. The third-order valence-corrected chi connectivity index (χ3v) is 2.73. The first kappa shape index (κ1) is 12.4. The average molecular weight is 262 g/mol. The van der Waals surface area contributed by atoms with Gasteiger partial charge in [-0.15, -0.1) is 0 Å². The Kier molecular flexibility index (Phi) is 3.50. The van der Waals surface area contributed by atoms with E-state index >= 15 is 0 Å². The van der Waals surface area contributed by atoms with Gasteiger partial charge in [0, 0.05) is 6.07 Å². The van der Waals surface area contributed by atoms with Crippen molar-refractivity contribution in [1.82, 2.24) is 0 Å². The van der Waals surface area contributed by atoms with E-state index in [1.54, 1.807) is 18.2 Å². The summed E-state index contributed by atoms with van der Waals surface area (Å²) in [5.74, 6) is 0.423. The number of nitriles is 1. The van der Waals surface area contributed by atoms with Crippen LogP contribution in [0.4, 0.5) is 4.39 Å². The van der Waals surface area contributed by atoms with Gasteiger partial charge in [-0.05, 0) is 36.8 Å². The molecule has 90 valence electrons. The summed E-state index contributed by atoms with van der Waals surface area (Å²) in [7, 11) is 0. The van der Waals surface area contributed by atoms with Crippen molar-refractivity contribution >= 4 is 11.6 Å². The van der Waals surface area contributed by atoms with E-state index in [1.165, 1.54) is 18.2 Å². The zero-order valence-corrected chi connectivity index (χ0v) is 10.3. The molecule has 0 radical (unpaired) electrons. The summed E-state index contributed by atoms with van der Waals surface area (Å²) >= 11 is 5.98. The summed E-state index contributed by atoms with van der Waals surface area (Å²) in [5, 5.41) is 9.04. The van der Waals surface area contributed by atoms with E-state index in [4.69, 9.17) is 21.6 Å². The molecule has 0 aliphatic carbocycles. The molecule has 0 aromatic heterocycles. The molecule has 0 unspecified atom stereocenters. The molecule has 2 aromatic rings. The van der Waals surface area contributed by atoms with Crippen LogP contribution in [0.1, 0.15) is 11.1 Å². The Morgan fingerprint density at radius 3 is 2.61 bits per heavy atom. The zero-order valence-electron chi connectivity index (χ0n) is 9.58. The van der Waals surface area contributed by atoms with Gasteiger partial charge in [0.2, 0.25) is 0 Å². The zero-order chi connectivity index (χ0) is 13.1. The molecule has 0 atom stereocenters. The first-order chi connectivity index (χ1) is 8.60. The lowest BCUT2D eigenvalue weighted by atomic mass is 10.2. The van der Waals surface area contributed by atoms with Crippen molar-refractivity contribution in [3.8, 4) is 17.6 Å². The van der Waals surface area contributed by atoms with Gasteiger partial charge in [0.15, 0.2) is 0 Å². The molecule has 0 N–H and O–H groups in total. The predicted molar refractivity (Wildman–Crippen MR) is 67.4 cm³/mol. The molecule has 0 bridgehead atoms. The molecule has 0 heterocycles. The fraction of sp³-hybridized carbons (Fsp3) is 0.0714. The summed E-state index contributed by atoms with van der Waals surface area (Å²) in [6, 6.07) is 11.0. The third-order valence-electron chi connectivity index (χ3n) is 2.43. The van der Waals surface area contributed by atoms with Gasteiger partial charge in [0.1, 0.15) is 17.3 Å². The summed E-state index contributed by atoms with van der Waals surface area (Å²) in [6.07, 6.45) is 0. The van der Waals surface area contributed by atoms with Crippen LogP contribution in [-0.4, -0.2) is 0 Å².